The standard InChI is InChI=1S/C14H11F6N3O/c1-7-11(6-23(2)22-7)12(24)21-10-4-8(13(15,16)17)3-9(5-10)14(18,19)20/h3-6H,1-2H3,(H,21,24). The fraction of sp³-hybridized carbons (Fsp3) is 0.286. The Morgan fingerprint density at radius 1 is 1.04 bits per heavy atom. The van der Waals surface area contributed by atoms with Crippen LogP contribution in [-0.4, -0.2) is 15.7 Å². The molecule has 0 radical (unpaired) electrons. The lowest BCUT2D eigenvalue weighted by atomic mass is 10.1. The van der Waals surface area contributed by atoms with Gasteiger partial charge in [-0.3, -0.25) is 9.48 Å². The van der Waals surface area contributed by atoms with E-state index < -0.39 is 35.1 Å². The highest BCUT2D eigenvalue weighted by Crippen LogP contribution is 2.37. The van der Waals surface area contributed by atoms with E-state index in [1.54, 1.807) is 0 Å². The molecule has 1 aromatic heterocycles. The highest BCUT2D eigenvalue weighted by atomic mass is 19.4. The zero-order valence-corrected chi connectivity index (χ0v) is 12.4. The maximum absolute atomic E-state index is 12.8. The van der Waals surface area contributed by atoms with Crippen molar-refractivity contribution in [1.29, 1.82) is 0 Å². The van der Waals surface area contributed by atoms with E-state index in [4.69, 9.17) is 0 Å². The van der Waals surface area contributed by atoms with Gasteiger partial charge in [-0.05, 0) is 25.1 Å². The molecular weight excluding hydrogens is 340 g/mol. The van der Waals surface area contributed by atoms with E-state index >= 15 is 0 Å². The molecule has 0 spiro atoms. The Labute approximate surface area is 132 Å². The molecule has 0 fully saturated rings. The first kappa shape index (κ1) is 17.8. The molecule has 0 unspecified atom stereocenters. The van der Waals surface area contributed by atoms with Crippen molar-refractivity contribution < 1.29 is 31.1 Å². The summed E-state index contributed by atoms with van der Waals surface area (Å²) in [6, 6.07) is 0.878. The second kappa shape index (κ2) is 5.84. The Kier molecular flexibility index (Phi) is 4.34. The van der Waals surface area contributed by atoms with Crippen LogP contribution in [0.15, 0.2) is 24.4 Å². The molecule has 0 atom stereocenters. The molecule has 4 nitrogen and oxygen atoms in total. The smallest absolute Gasteiger partial charge is 0.322 e. The van der Waals surface area contributed by atoms with Crippen molar-refractivity contribution in [1.82, 2.24) is 9.78 Å². The lowest BCUT2D eigenvalue weighted by molar-refractivity contribution is -0.143. The van der Waals surface area contributed by atoms with Crippen LogP contribution in [0.1, 0.15) is 27.2 Å². The fourth-order valence-electron chi connectivity index (χ4n) is 2.05. The third-order valence-electron chi connectivity index (χ3n) is 3.10. The van der Waals surface area contributed by atoms with Crippen molar-refractivity contribution in [2.45, 2.75) is 19.3 Å². The van der Waals surface area contributed by atoms with Crippen LogP contribution in [-0.2, 0) is 19.4 Å². The summed E-state index contributed by atoms with van der Waals surface area (Å²) in [5.41, 5.74) is -3.28. The number of carbonyl (C=O) groups is 1. The zero-order chi connectivity index (χ0) is 18.3. The van der Waals surface area contributed by atoms with E-state index in [1.807, 2.05) is 5.32 Å². The third-order valence-corrected chi connectivity index (χ3v) is 3.10. The Morgan fingerprint density at radius 3 is 1.92 bits per heavy atom. The molecule has 130 valence electrons. The number of alkyl halides is 6. The van der Waals surface area contributed by atoms with Crippen molar-refractivity contribution in [2.75, 3.05) is 5.32 Å². The number of nitrogens with one attached hydrogen (secondary N) is 1. The van der Waals surface area contributed by atoms with Gasteiger partial charge in [0.25, 0.3) is 5.91 Å². The quantitative estimate of drug-likeness (QED) is 0.831. The van der Waals surface area contributed by atoms with Crippen LogP contribution >= 0.6 is 0 Å². The van der Waals surface area contributed by atoms with Gasteiger partial charge in [0, 0.05) is 18.9 Å². The van der Waals surface area contributed by atoms with Gasteiger partial charge in [-0.25, -0.2) is 0 Å². The van der Waals surface area contributed by atoms with Crippen molar-refractivity contribution >= 4 is 11.6 Å². The van der Waals surface area contributed by atoms with Crippen molar-refractivity contribution in [2.24, 2.45) is 7.05 Å². The van der Waals surface area contributed by atoms with Gasteiger partial charge in [0.05, 0.1) is 22.4 Å². The summed E-state index contributed by atoms with van der Waals surface area (Å²) in [5, 5.41) is 5.93. The maximum Gasteiger partial charge on any atom is 0.416 e. The first-order valence-corrected chi connectivity index (χ1v) is 6.49. The second-order valence-electron chi connectivity index (χ2n) is 5.05. The normalized spacial score (nSPS) is 12.3. The Bertz CT molecular complexity index is 744. The number of halogens is 6. The molecular formula is C14H11F6N3O. The van der Waals surface area contributed by atoms with Crippen molar-refractivity contribution in [3.05, 3.63) is 46.8 Å². The molecule has 1 amide bonds. The number of carbonyl (C=O) groups excluding carboxylic acids is 1. The van der Waals surface area contributed by atoms with E-state index in [2.05, 4.69) is 5.10 Å². The van der Waals surface area contributed by atoms with Crippen LogP contribution in [0.5, 0.6) is 0 Å². The number of hydrogen-bond acceptors (Lipinski definition) is 2. The molecule has 0 saturated carbocycles. The predicted octanol–water partition coefficient (Wildman–Crippen LogP) is 4.02. The van der Waals surface area contributed by atoms with E-state index in [0.717, 1.165) is 0 Å². The van der Waals surface area contributed by atoms with E-state index in [0.29, 0.717) is 12.1 Å². The highest BCUT2D eigenvalue weighted by molar-refractivity contribution is 6.05. The second-order valence-corrected chi connectivity index (χ2v) is 5.05. The van der Waals surface area contributed by atoms with Gasteiger partial charge in [-0.2, -0.15) is 31.4 Å². The Morgan fingerprint density at radius 2 is 1.54 bits per heavy atom. The van der Waals surface area contributed by atoms with E-state index in [-0.39, 0.29) is 17.3 Å². The fourth-order valence-corrected chi connectivity index (χ4v) is 2.05. The van der Waals surface area contributed by atoms with Gasteiger partial charge in [0.1, 0.15) is 0 Å². The molecule has 1 N–H and O–H groups in total. The van der Waals surface area contributed by atoms with Crippen LogP contribution in [0.25, 0.3) is 0 Å². The number of nitrogens with zero attached hydrogens (tertiary/aromatic N) is 2. The molecule has 0 aliphatic carbocycles. The monoisotopic (exact) mass is 351 g/mol. The van der Waals surface area contributed by atoms with Crippen molar-refractivity contribution in [3.63, 3.8) is 0 Å². The summed E-state index contributed by atoms with van der Waals surface area (Å²) in [6.07, 6.45) is -8.65. The minimum Gasteiger partial charge on any atom is -0.322 e. The van der Waals surface area contributed by atoms with Gasteiger partial charge < -0.3 is 5.32 Å². The summed E-state index contributed by atoms with van der Waals surface area (Å²) < 4.78 is 77.9. The molecule has 0 bridgehead atoms. The summed E-state index contributed by atoms with van der Waals surface area (Å²) in [6.45, 7) is 1.49. The van der Waals surface area contributed by atoms with Crippen LogP contribution in [0.3, 0.4) is 0 Å². The van der Waals surface area contributed by atoms with Gasteiger partial charge in [0.15, 0.2) is 0 Å². The van der Waals surface area contributed by atoms with Crippen LogP contribution < -0.4 is 5.32 Å². The molecule has 2 aromatic rings. The summed E-state index contributed by atoms with van der Waals surface area (Å²) in [5.74, 6) is -0.854. The van der Waals surface area contributed by atoms with Gasteiger partial charge in [-0.1, -0.05) is 0 Å². The highest BCUT2D eigenvalue weighted by Gasteiger charge is 2.37. The minimum absolute atomic E-state index is 0.00895. The van der Waals surface area contributed by atoms with Gasteiger partial charge >= 0.3 is 12.4 Å². The van der Waals surface area contributed by atoms with Crippen LogP contribution in [0.2, 0.25) is 0 Å². The van der Waals surface area contributed by atoms with Crippen molar-refractivity contribution in [3.8, 4) is 0 Å². The Hall–Kier alpha value is -2.52. The third kappa shape index (κ3) is 3.87. The number of anilines is 1. The first-order valence-electron chi connectivity index (χ1n) is 6.49. The number of rotatable bonds is 2. The number of hydrogen-bond donors (Lipinski definition) is 1. The van der Waals surface area contributed by atoms with Crippen LogP contribution in [0, 0.1) is 6.92 Å². The summed E-state index contributed by atoms with van der Waals surface area (Å²) in [7, 11) is 1.52. The Balaban J connectivity index is 2.42. The number of aromatic nitrogens is 2. The maximum atomic E-state index is 12.8. The molecule has 24 heavy (non-hydrogen) atoms. The molecule has 0 aliphatic rings. The van der Waals surface area contributed by atoms with E-state index in [1.165, 1.54) is 24.9 Å². The van der Waals surface area contributed by atoms with Gasteiger partial charge in [0.2, 0.25) is 0 Å². The average Bonchev–Trinajstić information content (AvgIpc) is 2.75. The topological polar surface area (TPSA) is 46.9 Å². The minimum atomic E-state index is -4.98. The first-order chi connectivity index (χ1) is 10.9. The lowest BCUT2D eigenvalue weighted by Gasteiger charge is -2.14. The van der Waals surface area contributed by atoms with Crippen LogP contribution in [0.4, 0.5) is 32.0 Å². The number of benzene rings is 1. The molecule has 10 heteroatoms. The molecule has 0 aliphatic heterocycles. The molecule has 0 saturated heterocycles. The number of amides is 1. The van der Waals surface area contributed by atoms with Gasteiger partial charge in [-0.15, -0.1) is 0 Å². The molecule has 1 heterocycles. The number of aryl methyl sites for hydroxylation is 2. The largest absolute Gasteiger partial charge is 0.416 e. The lowest BCUT2D eigenvalue weighted by Crippen LogP contribution is -2.16. The summed E-state index contributed by atoms with van der Waals surface area (Å²) in [4.78, 5) is 12.0. The predicted molar refractivity (Wildman–Crippen MR) is 72.3 cm³/mol. The molecule has 2 rings (SSSR count). The zero-order valence-electron chi connectivity index (χ0n) is 12.4. The average molecular weight is 351 g/mol. The SMILES string of the molecule is Cc1nn(C)cc1C(=O)Nc1cc(C(F)(F)F)cc(C(F)(F)F)c1. The van der Waals surface area contributed by atoms with E-state index in [9.17, 15) is 31.1 Å². The molecule has 1 aromatic carbocycles. The summed E-state index contributed by atoms with van der Waals surface area (Å²) >= 11 is 0.